The average Bonchev–Trinajstić information content (AvgIpc) is 3.23. The Morgan fingerprint density at radius 2 is 2.07 bits per heavy atom. The molecule has 1 fully saturated rings. The van der Waals surface area contributed by atoms with Gasteiger partial charge in [0.05, 0.1) is 19.3 Å². The molecule has 0 unspecified atom stereocenters. The molecule has 0 saturated carbocycles. The molecule has 0 radical (unpaired) electrons. The van der Waals surface area contributed by atoms with Crippen LogP contribution < -0.4 is 10.1 Å². The first kappa shape index (κ1) is 22.0. The summed E-state index contributed by atoms with van der Waals surface area (Å²) in [7, 11) is -2.04. The van der Waals surface area contributed by atoms with E-state index in [4.69, 9.17) is 9.26 Å². The van der Waals surface area contributed by atoms with Crippen LogP contribution in [0.15, 0.2) is 40.0 Å². The van der Waals surface area contributed by atoms with Gasteiger partial charge in [0.1, 0.15) is 12.0 Å². The lowest BCUT2D eigenvalue weighted by Crippen LogP contribution is -2.53. The highest BCUT2D eigenvalue weighted by molar-refractivity contribution is 7.88. The van der Waals surface area contributed by atoms with Crippen LogP contribution in [0.25, 0.3) is 0 Å². The number of aromatic nitrogens is 1. The SMILES string of the molecule is CCNC(=NCc1ccc(OC)c(F)c1)N1CCN(S(=O)(=O)Cc2ccon2)CC1. The van der Waals surface area contributed by atoms with Crippen molar-refractivity contribution in [3.63, 3.8) is 0 Å². The van der Waals surface area contributed by atoms with Gasteiger partial charge < -0.3 is 19.5 Å². The van der Waals surface area contributed by atoms with E-state index in [1.54, 1.807) is 18.2 Å². The summed E-state index contributed by atoms with van der Waals surface area (Å²) in [5.74, 6) is 0.252. The second-order valence-corrected chi connectivity index (χ2v) is 8.74. The molecule has 1 N–H and O–H groups in total. The standard InChI is InChI=1S/C19H26FN5O4S/c1-3-21-19(22-13-15-4-5-18(28-2)17(20)12-15)24-7-9-25(10-8-24)30(26,27)14-16-6-11-29-23-16/h4-6,11-12H,3,7-10,13-14H2,1-2H3,(H,21,22). The number of aliphatic imine (C=N–C) groups is 1. The number of hydrogen-bond donors (Lipinski definition) is 1. The van der Waals surface area contributed by atoms with Gasteiger partial charge in [-0.15, -0.1) is 0 Å². The zero-order valence-corrected chi connectivity index (χ0v) is 17.9. The predicted molar refractivity (Wildman–Crippen MR) is 110 cm³/mol. The van der Waals surface area contributed by atoms with Crippen molar-refractivity contribution in [2.24, 2.45) is 4.99 Å². The average molecular weight is 440 g/mol. The van der Waals surface area contributed by atoms with Crippen molar-refractivity contribution in [2.45, 2.75) is 19.2 Å². The van der Waals surface area contributed by atoms with Gasteiger partial charge in [-0.25, -0.2) is 17.8 Å². The number of methoxy groups -OCH3 is 1. The van der Waals surface area contributed by atoms with Crippen LogP contribution in [-0.4, -0.2) is 68.6 Å². The fourth-order valence-electron chi connectivity index (χ4n) is 3.17. The van der Waals surface area contributed by atoms with E-state index in [0.717, 1.165) is 5.56 Å². The molecule has 1 aromatic heterocycles. The molecule has 1 aromatic carbocycles. The summed E-state index contributed by atoms with van der Waals surface area (Å²) in [6.07, 6.45) is 1.36. The number of hydrogen-bond acceptors (Lipinski definition) is 6. The summed E-state index contributed by atoms with van der Waals surface area (Å²) in [4.78, 5) is 6.59. The molecular formula is C19H26FN5O4S. The monoisotopic (exact) mass is 439 g/mol. The maximum Gasteiger partial charge on any atom is 0.220 e. The molecule has 2 aromatic rings. The van der Waals surface area contributed by atoms with E-state index in [0.29, 0.717) is 50.9 Å². The molecule has 0 atom stereocenters. The van der Waals surface area contributed by atoms with Crippen molar-refractivity contribution >= 4 is 16.0 Å². The zero-order valence-electron chi connectivity index (χ0n) is 17.0. The van der Waals surface area contributed by atoms with Crippen molar-refractivity contribution < 1.29 is 22.1 Å². The van der Waals surface area contributed by atoms with E-state index in [1.165, 1.54) is 23.7 Å². The molecule has 11 heteroatoms. The van der Waals surface area contributed by atoms with Crippen molar-refractivity contribution in [1.82, 2.24) is 19.7 Å². The van der Waals surface area contributed by atoms with E-state index in [1.807, 2.05) is 11.8 Å². The molecule has 3 rings (SSSR count). The summed E-state index contributed by atoms with van der Waals surface area (Å²) in [6, 6.07) is 6.29. The number of piperazine rings is 1. The summed E-state index contributed by atoms with van der Waals surface area (Å²) in [6.45, 7) is 4.63. The third kappa shape index (κ3) is 5.48. The Morgan fingerprint density at radius 3 is 2.67 bits per heavy atom. The third-order valence-corrected chi connectivity index (χ3v) is 6.53. The Balaban J connectivity index is 1.62. The van der Waals surface area contributed by atoms with Crippen molar-refractivity contribution in [3.05, 3.63) is 47.6 Å². The lowest BCUT2D eigenvalue weighted by atomic mass is 10.2. The maximum absolute atomic E-state index is 13.9. The fraction of sp³-hybridized carbons (Fsp3) is 0.474. The summed E-state index contributed by atoms with van der Waals surface area (Å²) in [5.41, 5.74) is 1.11. The highest BCUT2D eigenvalue weighted by atomic mass is 32.2. The maximum atomic E-state index is 13.9. The van der Waals surface area contributed by atoms with Crippen LogP contribution in [0.5, 0.6) is 5.75 Å². The zero-order chi connectivity index (χ0) is 21.6. The minimum Gasteiger partial charge on any atom is -0.494 e. The highest BCUT2D eigenvalue weighted by Gasteiger charge is 2.29. The van der Waals surface area contributed by atoms with E-state index in [-0.39, 0.29) is 11.5 Å². The molecule has 0 spiro atoms. The van der Waals surface area contributed by atoms with Gasteiger partial charge in [-0.3, -0.25) is 0 Å². The molecule has 9 nitrogen and oxygen atoms in total. The Kier molecular flexibility index (Phi) is 7.27. The van der Waals surface area contributed by atoms with Gasteiger partial charge >= 0.3 is 0 Å². The lowest BCUT2D eigenvalue weighted by molar-refractivity contribution is 0.259. The van der Waals surface area contributed by atoms with Gasteiger partial charge in [-0.2, -0.15) is 4.31 Å². The smallest absolute Gasteiger partial charge is 0.220 e. The molecule has 0 aliphatic carbocycles. The number of guanidine groups is 1. The van der Waals surface area contributed by atoms with Crippen molar-refractivity contribution in [1.29, 1.82) is 0 Å². The molecule has 2 heterocycles. The van der Waals surface area contributed by atoms with Crippen LogP contribution in [0.2, 0.25) is 0 Å². The first-order chi connectivity index (χ1) is 14.4. The Hall–Kier alpha value is -2.66. The number of nitrogens with zero attached hydrogens (tertiary/aromatic N) is 4. The molecule has 0 amide bonds. The first-order valence-electron chi connectivity index (χ1n) is 9.65. The van der Waals surface area contributed by atoms with Crippen LogP contribution in [0.4, 0.5) is 4.39 Å². The minimum absolute atomic E-state index is 0.180. The normalized spacial score (nSPS) is 16.0. The largest absolute Gasteiger partial charge is 0.494 e. The van der Waals surface area contributed by atoms with E-state index in [9.17, 15) is 12.8 Å². The van der Waals surface area contributed by atoms with Crippen LogP contribution in [-0.2, 0) is 22.3 Å². The Morgan fingerprint density at radius 1 is 1.30 bits per heavy atom. The molecule has 1 aliphatic rings. The van der Waals surface area contributed by atoms with Gasteiger partial charge in [0.2, 0.25) is 10.0 Å². The Labute approximate surface area is 175 Å². The second-order valence-electron chi connectivity index (χ2n) is 6.77. The van der Waals surface area contributed by atoms with Crippen LogP contribution in [0.1, 0.15) is 18.2 Å². The minimum atomic E-state index is -3.46. The first-order valence-corrected chi connectivity index (χ1v) is 11.3. The fourth-order valence-corrected chi connectivity index (χ4v) is 4.59. The second kappa shape index (κ2) is 9.90. The summed E-state index contributed by atoms with van der Waals surface area (Å²) in [5, 5.41) is 6.90. The molecule has 1 aliphatic heterocycles. The van der Waals surface area contributed by atoms with Gasteiger partial charge in [0.15, 0.2) is 17.5 Å². The van der Waals surface area contributed by atoms with Crippen LogP contribution >= 0.6 is 0 Å². The summed E-state index contributed by atoms with van der Waals surface area (Å²) < 4.78 is 50.2. The molecular weight excluding hydrogens is 413 g/mol. The number of ether oxygens (including phenoxy) is 1. The molecule has 0 bridgehead atoms. The summed E-state index contributed by atoms with van der Waals surface area (Å²) >= 11 is 0. The van der Waals surface area contributed by atoms with Crippen molar-refractivity contribution in [3.8, 4) is 5.75 Å². The number of benzene rings is 1. The van der Waals surface area contributed by atoms with Crippen LogP contribution in [0.3, 0.4) is 0 Å². The Bertz CT molecular complexity index is 957. The number of halogens is 1. The van der Waals surface area contributed by atoms with Gasteiger partial charge in [-0.05, 0) is 24.6 Å². The predicted octanol–water partition coefficient (Wildman–Crippen LogP) is 1.44. The van der Waals surface area contributed by atoms with E-state index < -0.39 is 15.8 Å². The number of sulfonamides is 1. The lowest BCUT2D eigenvalue weighted by Gasteiger charge is -2.35. The molecule has 30 heavy (non-hydrogen) atoms. The van der Waals surface area contributed by atoms with E-state index in [2.05, 4.69) is 15.5 Å². The molecule has 1 saturated heterocycles. The van der Waals surface area contributed by atoms with E-state index >= 15 is 0 Å². The number of rotatable bonds is 7. The quantitative estimate of drug-likeness (QED) is 0.515. The number of nitrogens with one attached hydrogen (secondary N) is 1. The van der Waals surface area contributed by atoms with Gasteiger partial charge in [-0.1, -0.05) is 11.2 Å². The van der Waals surface area contributed by atoms with Gasteiger partial charge in [0.25, 0.3) is 0 Å². The van der Waals surface area contributed by atoms with Gasteiger partial charge in [0, 0.05) is 38.8 Å². The topological polar surface area (TPSA) is 100 Å². The molecule has 164 valence electrons. The van der Waals surface area contributed by atoms with Crippen LogP contribution in [0, 0.1) is 5.82 Å². The third-order valence-electron chi connectivity index (χ3n) is 4.72. The van der Waals surface area contributed by atoms with Crippen molar-refractivity contribution in [2.75, 3.05) is 39.8 Å². The highest BCUT2D eigenvalue weighted by Crippen LogP contribution is 2.18.